The summed E-state index contributed by atoms with van der Waals surface area (Å²) in [5.74, 6) is -1.02. The van der Waals surface area contributed by atoms with E-state index in [1.54, 1.807) is 0 Å². The minimum absolute atomic E-state index is 0.0622. The van der Waals surface area contributed by atoms with Gasteiger partial charge in [0.15, 0.2) is 11.6 Å². The van der Waals surface area contributed by atoms with Crippen molar-refractivity contribution >= 4 is 29.0 Å². The van der Waals surface area contributed by atoms with E-state index in [-0.39, 0.29) is 29.1 Å². The minimum atomic E-state index is -0.747. The highest BCUT2D eigenvalue weighted by molar-refractivity contribution is 5.79. The van der Waals surface area contributed by atoms with Crippen LogP contribution in [0.2, 0.25) is 0 Å². The summed E-state index contributed by atoms with van der Waals surface area (Å²) in [5, 5.41) is 2.76. The Morgan fingerprint density at radius 3 is 2.69 bits per heavy atom. The molecule has 1 aromatic carbocycles. The zero-order valence-electron chi connectivity index (χ0n) is 14.2. The third kappa shape index (κ3) is 3.66. The van der Waals surface area contributed by atoms with Gasteiger partial charge in [0.2, 0.25) is 0 Å². The Bertz CT molecular complexity index is 810. The largest absolute Gasteiger partial charge is 0.469 e. The van der Waals surface area contributed by atoms with Crippen LogP contribution in [0.5, 0.6) is 0 Å². The average molecular weight is 363 g/mol. The lowest BCUT2D eigenvalue weighted by atomic mass is 9.97. The van der Waals surface area contributed by atoms with Gasteiger partial charge < -0.3 is 20.7 Å². The summed E-state index contributed by atoms with van der Waals surface area (Å²) >= 11 is 0. The topological polar surface area (TPSA) is 93.4 Å². The number of nitrogens with two attached hydrogens (primary N) is 1. The van der Waals surface area contributed by atoms with Gasteiger partial charge in [-0.2, -0.15) is 0 Å². The monoisotopic (exact) mass is 363 g/mol. The number of esters is 1. The van der Waals surface area contributed by atoms with Crippen molar-refractivity contribution in [3.63, 3.8) is 0 Å². The standard InChI is InChI=1S/C17H19F2N5O2/c1-26-17(25)10-4-6-24(7-5-10)16-14(20)15(21-9-22-16)23-13-3-2-11(18)8-12(13)19/h2-3,8-10H,4-7,20H2,1H3,(H,21,22,23). The van der Waals surface area contributed by atoms with Crippen LogP contribution in [-0.2, 0) is 9.53 Å². The zero-order valence-corrected chi connectivity index (χ0v) is 14.2. The second kappa shape index (κ2) is 7.51. The molecule has 0 aliphatic carbocycles. The van der Waals surface area contributed by atoms with E-state index in [4.69, 9.17) is 10.5 Å². The third-order valence-corrected chi connectivity index (χ3v) is 4.38. The Hall–Kier alpha value is -2.97. The van der Waals surface area contributed by atoms with Gasteiger partial charge in [-0.1, -0.05) is 0 Å². The van der Waals surface area contributed by atoms with Crippen molar-refractivity contribution in [3.05, 3.63) is 36.2 Å². The van der Waals surface area contributed by atoms with Crippen molar-refractivity contribution < 1.29 is 18.3 Å². The molecule has 0 atom stereocenters. The van der Waals surface area contributed by atoms with Gasteiger partial charge >= 0.3 is 5.97 Å². The molecule has 1 aromatic heterocycles. The second-order valence-corrected chi connectivity index (χ2v) is 5.99. The van der Waals surface area contributed by atoms with E-state index in [0.717, 1.165) is 12.1 Å². The first-order chi connectivity index (χ1) is 12.5. The van der Waals surface area contributed by atoms with Crippen LogP contribution >= 0.6 is 0 Å². The van der Waals surface area contributed by atoms with Gasteiger partial charge in [-0.25, -0.2) is 18.7 Å². The first kappa shape index (κ1) is 17.8. The Morgan fingerprint density at radius 2 is 2.04 bits per heavy atom. The van der Waals surface area contributed by atoms with Crippen molar-refractivity contribution in [2.75, 3.05) is 36.1 Å². The van der Waals surface area contributed by atoms with Gasteiger partial charge in [-0.15, -0.1) is 0 Å². The number of rotatable bonds is 4. The number of ether oxygens (including phenoxy) is 1. The number of aromatic nitrogens is 2. The van der Waals surface area contributed by atoms with Gasteiger partial charge in [0.05, 0.1) is 18.7 Å². The van der Waals surface area contributed by atoms with Gasteiger partial charge in [-0.05, 0) is 25.0 Å². The predicted octanol–water partition coefficient (Wildman–Crippen LogP) is 2.47. The lowest BCUT2D eigenvalue weighted by Crippen LogP contribution is -2.37. The Labute approximate surface area is 149 Å². The zero-order chi connectivity index (χ0) is 18.7. The summed E-state index contributed by atoms with van der Waals surface area (Å²) in [7, 11) is 1.38. The lowest BCUT2D eigenvalue weighted by Gasteiger charge is -2.32. The number of nitrogens with zero attached hydrogens (tertiary/aromatic N) is 3. The van der Waals surface area contributed by atoms with Crippen molar-refractivity contribution in [2.45, 2.75) is 12.8 Å². The van der Waals surface area contributed by atoms with E-state index < -0.39 is 11.6 Å². The van der Waals surface area contributed by atoms with Crippen LogP contribution in [0.1, 0.15) is 12.8 Å². The number of nitrogen functional groups attached to an aromatic ring is 1. The van der Waals surface area contributed by atoms with E-state index in [1.165, 1.54) is 19.5 Å². The number of halogens is 2. The number of carbonyl (C=O) groups is 1. The minimum Gasteiger partial charge on any atom is -0.469 e. The number of benzene rings is 1. The molecule has 7 nitrogen and oxygen atoms in total. The van der Waals surface area contributed by atoms with Crippen LogP contribution < -0.4 is 16.0 Å². The van der Waals surface area contributed by atoms with Crippen molar-refractivity contribution in [1.29, 1.82) is 0 Å². The van der Waals surface area contributed by atoms with Crippen LogP contribution in [0.3, 0.4) is 0 Å². The van der Waals surface area contributed by atoms with E-state index in [9.17, 15) is 13.6 Å². The van der Waals surface area contributed by atoms with Crippen LogP contribution in [0.15, 0.2) is 24.5 Å². The Balaban J connectivity index is 1.76. The van der Waals surface area contributed by atoms with Crippen LogP contribution in [0.25, 0.3) is 0 Å². The fraction of sp³-hybridized carbons (Fsp3) is 0.353. The number of piperidine rings is 1. The smallest absolute Gasteiger partial charge is 0.308 e. The summed E-state index contributed by atoms with van der Waals surface area (Å²) in [6.07, 6.45) is 2.58. The first-order valence-electron chi connectivity index (χ1n) is 8.15. The SMILES string of the molecule is COC(=O)C1CCN(c2ncnc(Nc3ccc(F)cc3F)c2N)CC1. The summed E-state index contributed by atoms with van der Waals surface area (Å²) in [6.45, 7) is 1.18. The molecule has 0 bridgehead atoms. The number of hydrogen-bond acceptors (Lipinski definition) is 7. The molecule has 3 rings (SSSR count). The first-order valence-corrected chi connectivity index (χ1v) is 8.15. The molecule has 0 radical (unpaired) electrons. The van der Waals surface area contributed by atoms with Crippen LogP contribution in [0.4, 0.5) is 31.8 Å². The number of carbonyl (C=O) groups excluding carboxylic acids is 1. The third-order valence-electron chi connectivity index (χ3n) is 4.38. The van der Waals surface area contributed by atoms with Crippen LogP contribution in [0, 0.1) is 17.6 Å². The molecule has 1 aliphatic heterocycles. The molecule has 0 spiro atoms. The molecule has 138 valence electrons. The molecule has 0 amide bonds. The van der Waals surface area contributed by atoms with Crippen molar-refractivity contribution in [3.8, 4) is 0 Å². The maximum absolute atomic E-state index is 13.8. The molecule has 1 aliphatic rings. The molecule has 0 saturated carbocycles. The Kier molecular flexibility index (Phi) is 5.15. The quantitative estimate of drug-likeness (QED) is 0.806. The van der Waals surface area contributed by atoms with E-state index >= 15 is 0 Å². The molecule has 0 unspecified atom stereocenters. The van der Waals surface area contributed by atoms with E-state index in [0.29, 0.717) is 31.7 Å². The molecule has 9 heteroatoms. The number of hydrogen-bond donors (Lipinski definition) is 2. The van der Waals surface area contributed by atoms with Gasteiger partial charge in [0.25, 0.3) is 0 Å². The van der Waals surface area contributed by atoms with Gasteiger partial charge in [0.1, 0.15) is 23.6 Å². The molecule has 3 N–H and O–H groups in total. The molecule has 26 heavy (non-hydrogen) atoms. The van der Waals surface area contributed by atoms with E-state index in [2.05, 4.69) is 15.3 Å². The molecular formula is C17H19F2N5O2. The van der Waals surface area contributed by atoms with E-state index in [1.807, 2.05) is 4.90 Å². The predicted molar refractivity (Wildman–Crippen MR) is 93.0 cm³/mol. The van der Waals surface area contributed by atoms with Crippen molar-refractivity contribution in [2.24, 2.45) is 5.92 Å². The average Bonchev–Trinajstić information content (AvgIpc) is 2.65. The fourth-order valence-electron chi connectivity index (χ4n) is 2.95. The normalized spacial score (nSPS) is 15.0. The number of methoxy groups -OCH3 is 1. The highest BCUT2D eigenvalue weighted by Gasteiger charge is 2.27. The summed E-state index contributed by atoms with van der Waals surface area (Å²) in [6, 6.07) is 3.19. The maximum Gasteiger partial charge on any atom is 0.308 e. The lowest BCUT2D eigenvalue weighted by molar-refractivity contribution is -0.146. The molecule has 2 heterocycles. The summed E-state index contributed by atoms with van der Waals surface area (Å²) in [5.41, 5.74) is 6.46. The Morgan fingerprint density at radius 1 is 1.31 bits per heavy atom. The molecule has 2 aromatic rings. The van der Waals surface area contributed by atoms with Gasteiger partial charge in [-0.3, -0.25) is 4.79 Å². The second-order valence-electron chi connectivity index (χ2n) is 5.99. The highest BCUT2D eigenvalue weighted by Crippen LogP contribution is 2.32. The summed E-state index contributed by atoms with van der Waals surface area (Å²) in [4.78, 5) is 21.8. The fourth-order valence-corrected chi connectivity index (χ4v) is 2.95. The molecular weight excluding hydrogens is 344 g/mol. The van der Waals surface area contributed by atoms with Crippen LogP contribution in [-0.4, -0.2) is 36.1 Å². The van der Waals surface area contributed by atoms with Gasteiger partial charge in [0, 0.05) is 19.2 Å². The maximum atomic E-state index is 13.8. The number of anilines is 4. The molecule has 1 fully saturated rings. The highest BCUT2D eigenvalue weighted by atomic mass is 19.1. The number of nitrogens with one attached hydrogen (secondary N) is 1. The molecule has 1 saturated heterocycles. The van der Waals surface area contributed by atoms with Crippen molar-refractivity contribution in [1.82, 2.24) is 9.97 Å². The summed E-state index contributed by atoms with van der Waals surface area (Å²) < 4.78 is 31.6.